The second-order valence-corrected chi connectivity index (χ2v) is 20.9. The second kappa shape index (κ2) is 14.7. The number of allylic oxidation sites excluding steroid dienone is 2. The van der Waals surface area contributed by atoms with Crippen LogP contribution in [0.4, 0.5) is 0 Å². The summed E-state index contributed by atoms with van der Waals surface area (Å²) in [6, 6.07) is 0. The lowest BCUT2D eigenvalue weighted by atomic mass is 9.33. The van der Waals surface area contributed by atoms with Crippen LogP contribution in [0.2, 0.25) is 0 Å². The quantitative estimate of drug-likeness (QED) is 0.132. The Morgan fingerprint density at radius 3 is 2.09 bits per heavy atom. The molecule has 14 heteroatoms. The Morgan fingerprint density at radius 1 is 0.772 bits per heavy atom. The molecular formula is C43H68O14. The van der Waals surface area contributed by atoms with E-state index in [4.69, 9.17) is 14.2 Å². The minimum Gasteiger partial charge on any atom is -0.481 e. The van der Waals surface area contributed by atoms with E-state index in [2.05, 4.69) is 40.7 Å². The van der Waals surface area contributed by atoms with Crippen LogP contribution in [0.5, 0.6) is 0 Å². The zero-order valence-electron chi connectivity index (χ0n) is 34.4. The molecule has 0 unspecified atom stereocenters. The Hall–Kier alpha value is -1.72. The van der Waals surface area contributed by atoms with E-state index in [0.29, 0.717) is 44.9 Å². The summed E-state index contributed by atoms with van der Waals surface area (Å²) in [4.78, 5) is 28.1. The fourth-order valence-electron chi connectivity index (χ4n) is 14.0. The number of carbonyl (C=O) groups is 2. The van der Waals surface area contributed by atoms with Crippen LogP contribution in [0.1, 0.15) is 112 Å². The Kier molecular flexibility index (Phi) is 11.2. The lowest BCUT2D eigenvalue weighted by molar-refractivity contribution is -0.297. The molecular weight excluding hydrogens is 740 g/mol. The summed E-state index contributed by atoms with van der Waals surface area (Å²) in [7, 11) is 0. The van der Waals surface area contributed by atoms with Gasteiger partial charge in [-0.2, -0.15) is 0 Å². The van der Waals surface area contributed by atoms with Gasteiger partial charge >= 0.3 is 11.9 Å². The van der Waals surface area contributed by atoms with Crippen molar-refractivity contribution in [3.63, 3.8) is 0 Å². The molecule has 14 nitrogen and oxygen atoms in total. The number of aliphatic hydroxyl groups excluding tert-OH is 8. The van der Waals surface area contributed by atoms with Crippen molar-refractivity contribution in [3.05, 3.63) is 11.6 Å². The molecule has 57 heavy (non-hydrogen) atoms. The molecule has 7 aliphatic rings. The van der Waals surface area contributed by atoms with E-state index < -0.39 is 109 Å². The second-order valence-electron chi connectivity index (χ2n) is 20.9. The van der Waals surface area contributed by atoms with Gasteiger partial charge in [-0.05, 0) is 117 Å². The first kappa shape index (κ1) is 43.4. The number of hydrogen-bond acceptors (Lipinski definition) is 13. The fourth-order valence-corrected chi connectivity index (χ4v) is 14.0. The summed E-state index contributed by atoms with van der Waals surface area (Å²) in [5.41, 5.74) is -2.06. The first-order valence-corrected chi connectivity index (χ1v) is 21.3. The maximum absolute atomic E-state index is 14.6. The highest BCUT2D eigenvalue weighted by Crippen LogP contribution is 2.76. The Morgan fingerprint density at radius 2 is 1.44 bits per heavy atom. The number of aliphatic hydroxyl groups is 8. The topological polar surface area (TPSA) is 244 Å². The molecule has 9 N–H and O–H groups in total. The average Bonchev–Trinajstić information content (AvgIpc) is 3.16. The number of rotatable bonds is 7. The van der Waals surface area contributed by atoms with Gasteiger partial charge < -0.3 is 60.2 Å². The molecule has 1 heterocycles. The van der Waals surface area contributed by atoms with Gasteiger partial charge in [0.05, 0.1) is 35.7 Å². The monoisotopic (exact) mass is 808 g/mol. The zero-order valence-corrected chi connectivity index (χ0v) is 34.4. The van der Waals surface area contributed by atoms with E-state index in [-0.39, 0.29) is 40.4 Å². The molecule has 0 aromatic heterocycles. The van der Waals surface area contributed by atoms with E-state index in [1.807, 2.05) is 0 Å². The smallest absolute Gasteiger partial charge is 0.315 e. The van der Waals surface area contributed by atoms with Crippen LogP contribution in [-0.4, -0.2) is 132 Å². The normalized spacial score (nSPS) is 53.3. The highest BCUT2D eigenvalue weighted by Gasteiger charge is 2.71. The molecule has 0 radical (unpaired) electrons. The van der Waals surface area contributed by atoms with Gasteiger partial charge in [0, 0.05) is 12.5 Å². The summed E-state index contributed by atoms with van der Waals surface area (Å²) >= 11 is 0. The number of ether oxygens (including phenoxy) is 3. The molecule has 0 aromatic rings. The highest BCUT2D eigenvalue weighted by molar-refractivity contribution is 5.79. The summed E-state index contributed by atoms with van der Waals surface area (Å²) in [6.07, 6.45) is -4.74. The molecule has 324 valence electrons. The summed E-state index contributed by atoms with van der Waals surface area (Å²) in [5.74, 6) is -2.53. The minimum absolute atomic E-state index is 0.0724. The minimum atomic E-state index is -1.69. The van der Waals surface area contributed by atoms with Gasteiger partial charge in [0.2, 0.25) is 6.29 Å². The SMILES string of the molecule is CC1(C)CC[C@]2(C(=O)O[C@@H]3O[C@H](CO)[C@@H](O)[C@H](O)[C@H]3O)CC[C@]3(C)C(=CC[C@@H]4[C@@]5(C)CC[C@H](O[C@@H]6C[C@H](CO)[C@@H](O)[C@H](O)[C@H]6O)[C@@](C)(C(=O)O)[C@@H]5CC[C@]43C)[C@@H]2C1. The molecule has 5 saturated carbocycles. The number of carboxylic acids is 1. The van der Waals surface area contributed by atoms with Crippen molar-refractivity contribution in [2.24, 2.45) is 56.2 Å². The van der Waals surface area contributed by atoms with Gasteiger partial charge in [-0.15, -0.1) is 0 Å². The molecule has 6 aliphatic carbocycles. The molecule has 0 spiro atoms. The predicted molar refractivity (Wildman–Crippen MR) is 203 cm³/mol. The zero-order chi connectivity index (χ0) is 41.8. The van der Waals surface area contributed by atoms with E-state index >= 15 is 0 Å². The lowest BCUT2D eigenvalue weighted by Gasteiger charge is -2.71. The number of aliphatic carboxylic acids is 1. The van der Waals surface area contributed by atoms with Gasteiger partial charge in [-0.3, -0.25) is 9.59 Å². The van der Waals surface area contributed by atoms with Crippen molar-refractivity contribution >= 4 is 11.9 Å². The molecule has 6 fully saturated rings. The number of hydrogen-bond donors (Lipinski definition) is 9. The van der Waals surface area contributed by atoms with E-state index in [9.17, 15) is 55.5 Å². The largest absolute Gasteiger partial charge is 0.481 e. The number of carbonyl (C=O) groups excluding carboxylic acids is 1. The summed E-state index contributed by atoms with van der Waals surface area (Å²) in [5, 5.41) is 94.2. The van der Waals surface area contributed by atoms with Crippen molar-refractivity contribution in [1.29, 1.82) is 0 Å². The number of fused-ring (bicyclic) bond motifs is 7. The molecule has 7 rings (SSSR count). The molecule has 0 amide bonds. The fraction of sp³-hybridized carbons (Fsp3) is 0.907. The van der Waals surface area contributed by atoms with Crippen LogP contribution >= 0.6 is 0 Å². The van der Waals surface area contributed by atoms with Crippen LogP contribution in [0.15, 0.2) is 11.6 Å². The van der Waals surface area contributed by atoms with Crippen LogP contribution < -0.4 is 0 Å². The Bertz CT molecular complexity index is 1580. The van der Waals surface area contributed by atoms with Crippen molar-refractivity contribution < 1.29 is 69.8 Å². The van der Waals surface area contributed by atoms with Gasteiger partial charge in [0.15, 0.2) is 0 Å². The Labute approximate surface area is 335 Å². The number of esters is 1. The number of carboxylic acid groups (broad SMARTS) is 1. The van der Waals surface area contributed by atoms with Crippen LogP contribution in [0.3, 0.4) is 0 Å². The standard InChI is InChI=1S/C43H68O14/c1-38(2)13-15-43(37(54)57-35-34(51)33(50)31(48)25(20-45)56-35)16-14-40(4)22(23(43)18-38)7-8-26-39(3)11-10-28(42(6,36(52)53)27(39)9-12-41(26,40)5)55-24-17-21(19-44)29(46)32(49)30(24)47/h7,21,23-35,44-51H,8-20H2,1-6H3,(H,52,53)/t21-,23+,24-,25-,26-,27-,28+,29-,30+,31-,32+,33+,34-,35+,39-,40-,41-,42+,43+/m1/s1. The third-order valence-corrected chi connectivity index (χ3v) is 17.9. The lowest BCUT2D eigenvalue weighted by Crippen LogP contribution is -2.67. The molecule has 1 saturated heterocycles. The third kappa shape index (κ3) is 6.31. The van der Waals surface area contributed by atoms with Gasteiger partial charge in [-0.1, -0.05) is 46.3 Å². The third-order valence-electron chi connectivity index (χ3n) is 17.9. The van der Waals surface area contributed by atoms with Crippen molar-refractivity contribution in [2.75, 3.05) is 13.2 Å². The Balaban J connectivity index is 1.19. The predicted octanol–water partition coefficient (Wildman–Crippen LogP) is 2.04. The van der Waals surface area contributed by atoms with Crippen molar-refractivity contribution in [2.45, 2.75) is 173 Å². The van der Waals surface area contributed by atoms with Gasteiger partial charge in [0.1, 0.15) is 36.6 Å². The van der Waals surface area contributed by atoms with Crippen molar-refractivity contribution in [3.8, 4) is 0 Å². The molecule has 0 aromatic carbocycles. The summed E-state index contributed by atoms with van der Waals surface area (Å²) in [6.45, 7) is 12.1. The van der Waals surface area contributed by atoms with E-state index in [1.165, 1.54) is 5.57 Å². The molecule has 1 aliphatic heterocycles. The maximum atomic E-state index is 14.6. The first-order chi connectivity index (χ1) is 26.6. The van der Waals surface area contributed by atoms with E-state index in [1.54, 1.807) is 6.92 Å². The molecule has 19 atom stereocenters. The van der Waals surface area contributed by atoms with Gasteiger partial charge in [0.25, 0.3) is 0 Å². The maximum Gasteiger partial charge on any atom is 0.315 e. The van der Waals surface area contributed by atoms with E-state index in [0.717, 1.165) is 19.3 Å². The summed E-state index contributed by atoms with van der Waals surface area (Å²) < 4.78 is 18.1. The first-order valence-electron chi connectivity index (χ1n) is 21.3. The van der Waals surface area contributed by atoms with Crippen molar-refractivity contribution in [1.82, 2.24) is 0 Å². The average molecular weight is 809 g/mol. The van der Waals surface area contributed by atoms with Crippen LogP contribution in [0, 0.1) is 56.2 Å². The van der Waals surface area contributed by atoms with Crippen LogP contribution in [0.25, 0.3) is 0 Å². The van der Waals surface area contributed by atoms with Gasteiger partial charge in [-0.25, -0.2) is 0 Å². The highest BCUT2D eigenvalue weighted by atomic mass is 16.7. The molecule has 0 bridgehead atoms. The van der Waals surface area contributed by atoms with Crippen LogP contribution in [-0.2, 0) is 23.8 Å².